The van der Waals surface area contributed by atoms with Crippen LogP contribution < -0.4 is 20.9 Å². The lowest BCUT2D eigenvalue weighted by Crippen LogP contribution is -2.57. The molecule has 3 unspecified atom stereocenters. The van der Waals surface area contributed by atoms with Crippen molar-refractivity contribution >= 4 is 23.4 Å². The molecule has 1 saturated carbocycles. The summed E-state index contributed by atoms with van der Waals surface area (Å²) < 4.78 is 0. The summed E-state index contributed by atoms with van der Waals surface area (Å²) in [6, 6.07) is 13.3. The number of nitrogens with one attached hydrogen (secondary N) is 3. The number of hydrogen-bond donors (Lipinski definition) is 3. The van der Waals surface area contributed by atoms with E-state index in [0.29, 0.717) is 18.2 Å². The van der Waals surface area contributed by atoms with Gasteiger partial charge in [0.25, 0.3) is 5.91 Å². The summed E-state index contributed by atoms with van der Waals surface area (Å²) in [5.41, 5.74) is 5.74. The van der Waals surface area contributed by atoms with E-state index in [1.165, 1.54) is 24.8 Å². The summed E-state index contributed by atoms with van der Waals surface area (Å²) in [6.45, 7) is 11.3. The van der Waals surface area contributed by atoms with Crippen LogP contribution in [-0.4, -0.2) is 67.9 Å². The Balaban J connectivity index is 1.54. The fourth-order valence-electron chi connectivity index (χ4n) is 7.98. The van der Waals surface area contributed by atoms with Gasteiger partial charge in [0, 0.05) is 55.9 Å². The number of unbranched alkanes of at least 4 members (excludes halogenated alkanes) is 3. The van der Waals surface area contributed by atoms with Gasteiger partial charge in [0.2, 0.25) is 11.8 Å². The largest absolute Gasteiger partial charge is 0.371 e. The second kappa shape index (κ2) is 16.8. The van der Waals surface area contributed by atoms with Crippen molar-refractivity contribution in [1.82, 2.24) is 20.9 Å². The van der Waals surface area contributed by atoms with Gasteiger partial charge in [-0.15, -0.1) is 0 Å². The highest BCUT2D eigenvalue weighted by molar-refractivity contribution is 5.99. The minimum absolute atomic E-state index is 0.0270. The van der Waals surface area contributed by atoms with E-state index in [9.17, 15) is 14.4 Å². The van der Waals surface area contributed by atoms with Crippen LogP contribution in [0.1, 0.15) is 113 Å². The van der Waals surface area contributed by atoms with Crippen molar-refractivity contribution < 1.29 is 14.4 Å². The second-order valence-electron chi connectivity index (χ2n) is 15.3. The number of anilines is 1. The molecule has 1 heterocycles. The number of hydrogen-bond acceptors (Lipinski definition) is 5. The van der Waals surface area contributed by atoms with E-state index in [1.54, 1.807) is 6.92 Å². The summed E-state index contributed by atoms with van der Waals surface area (Å²) in [4.78, 5) is 43.5. The molecule has 3 N–H and O–H groups in total. The Morgan fingerprint density at radius 3 is 2.27 bits per heavy atom. The van der Waals surface area contributed by atoms with Crippen molar-refractivity contribution in [3.05, 3.63) is 53.1 Å². The zero-order valence-electron chi connectivity index (χ0n) is 30.9. The van der Waals surface area contributed by atoms with Crippen molar-refractivity contribution in [2.24, 2.45) is 11.8 Å². The maximum absolute atomic E-state index is 14.0. The number of carbonyl (C=O) groups is 3. The molecule has 8 heteroatoms. The molecule has 1 saturated heterocycles. The zero-order valence-corrected chi connectivity index (χ0v) is 30.9. The van der Waals surface area contributed by atoms with Gasteiger partial charge in [0.1, 0.15) is 0 Å². The first-order valence-corrected chi connectivity index (χ1v) is 18.3. The zero-order chi connectivity index (χ0) is 35.0. The summed E-state index contributed by atoms with van der Waals surface area (Å²) in [5, 5.41) is 9.58. The molecule has 2 aliphatic rings. The molecule has 0 spiro atoms. The van der Waals surface area contributed by atoms with Crippen molar-refractivity contribution in [3.63, 3.8) is 0 Å². The highest BCUT2D eigenvalue weighted by Gasteiger charge is 2.40. The lowest BCUT2D eigenvalue weighted by Gasteiger charge is -2.42. The maximum Gasteiger partial charge on any atom is 0.251 e. The molecule has 2 aromatic rings. The first-order chi connectivity index (χ1) is 22.8. The van der Waals surface area contributed by atoms with Gasteiger partial charge < -0.3 is 25.8 Å². The van der Waals surface area contributed by atoms with Crippen LogP contribution in [0.2, 0.25) is 0 Å². The molecule has 48 heavy (non-hydrogen) atoms. The molecule has 4 rings (SSSR count). The van der Waals surface area contributed by atoms with Gasteiger partial charge in [-0.25, -0.2) is 0 Å². The number of nitrogens with zero attached hydrogens (tertiary/aromatic N) is 2. The molecule has 264 valence electrons. The third-order valence-corrected chi connectivity index (χ3v) is 10.7. The monoisotopic (exact) mass is 659 g/mol. The standard InChI is InChI=1S/C40H61N5O3/c1-9-10-11-12-21-40(5)24-27(2)36(39(48)43-40)25-41-38(47)35-22-32(31-15-13-30(14-16-31)26-44(6)7)23-37(28(35)3)45(8)34-19-17-33(18-20-34)42-29(4)46/h13-16,22-23,27,33-34,36H,9-12,17-21,24-26H2,1-8H3,(H,41,47)(H,42,46)(H,43,48). The molecule has 3 atom stereocenters. The van der Waals surface area contributed by atoms with Crippen molar-refractivity contribution in [1.29, 1.82) is 0 Å². The number of carbonyl (C=O) groups excluding carboxylic acids is 3. The van der Waals surface area contributed by atoms with Crippen molar-refractivity contribution in [2.75, 3.05) is 32.6 Å². The van der Waals surface area contributed by atoms with Crippen LogP contribution in [0.3, 0.4) is 0 Å². The summed E-state index contributed by atoms with van der Waals surface area (Å²) >= 11 is 0. The predicted octanol–water partition coefficient (Wildman–Crippen LogP) is 6.84. The Kier molecular flexibility index (Phi) is 13.1. The molecular formula is C40H61N5O3. The third-order valence-electron chi connectivity index (χ3n) is 10.7. The van der Waals surface area contributed by atoms with Gasteiger partial charge in [-0.3, -0.25) is 14.4 Å². The molecule has 3 amide bonds. The molecule has 0 aromatic heterocycles. The third kappa shape index (κ3) is 9.83. The summed E-state index contributed by atoms with van der Waals surface area (Å²) in [7, 11) is 6.26. The Hall–Kier alpha value is -3.39. The first-order valence-electron chi connectivity index (χ1n) is 18.3. The molecule has 2 fully saturated rings. The molecule has 2 aromatic carbocycles. The van der Waals surface area contributed by atoms with Crippen LogP contribution in [0.4, 0.5) is 5.69 Å². The molecule has 0 bridgehead atoms. The first kappa shape index (κ1) is 37.4. The summed E-state index contributed by atoms with van der Waals surface area (Å²) in [6.07, 6.45) is 10.5. The van der Waals surface area contributed by atoms with Gasteiger partial charge in [0.15, 0.2) is 0 Å². The van der Waals surface area contributed by atoms with Crippen LogP contribution in [0.5, 0.6) is 0 Å². The van der Waals surface area contributed by atoms with Crippen LogP contribution in [0, 0.1) is 18.8 Å². The van der Waals surface area contributed by atoms with Crippen LogP contribution in [-0.2, 0) is 16.1 Å². The number of piperidine rings is 1. The minimum atomic E-state index is -0.258. The second-order valence-corrected chi connectivity index (χ2v) is 15.3. The minimum Gasteiger partial charge on any atom is -0.371 e. The SMILES string of the molecule is CCCCCCC1(C)CC(C)C(CNC(=O)c2cc(-c3ccc(CN(C)C)cc3)cc(N(C)C3CCC(NC(C)=O)CC3)c2C)C(=O)N1. The smallest absolute Gasteiger partial charge is 0.251 e. The summed E-state index contributed by atoms with van der Waals surface area (Å²) in [5.74, 6) is -0.149. The molecule has 8 nitrogen and oxygen atoms in total. The predicted molar refractivity (Wildman–Crippen MR) is 197 cm³/mol. The lowest BCUT2D eigenvalue weighted by atomic mass is 9.75. The van der Waals surface area contributed by atoms with Crippen LogP contribution >= 0.6 is 0 Å². The normalized spacial score (nSPS) is 24.2. The average molecular weight is 660 g/mol. The maximum atomic E-state index is 14.0. The number of amides is 3. The van der Waals surface area contributed by atoms with E-state index >= 15 is 0 Å². The van der Waals surface area contributed by atoms with Gasteiger partial charge in [-0.2, -0.15) is 0 Å². The average Bonchev–Trinajstić information content (AvgIpc) is 3.02. The number of rotatable bonds is 14. The van der Waals surface area contributed by atoms with Crippen molar-refractivity contribution in [3.8, 4) is 11.1 Å². The van der Waals surface area contributed by atoms with Crippen molar-refractivity contribution in [2.45, 2.75) is 123 Å². The Morgan fingerprint density at radius 2 is 1.67 bits per heavy atom. The molecule has 1 aliphatic carbocycles. The molecular weight excluding hydrogens is 598 g/mol. The van der Waals surface area contributed by atoms with E-state index in [-0.39, 0.29) is 41.1 Å². The highest BCUT2D eigenvalue weighted by atomic mass is 16.2. The van der Waals surface area contributed by atoms with Crippen LogP contribution in [0.25, 0.3) is 11.1 Å². The van der Waals surface area contributed by atoms with E-state index in [1.807, 2.05) is 13.0 Å². The fraction of sp³-hybridized carbons (Fsp3) is 0.625. The van der Waals surface area contributed by atoms with Gasteiger partial charge >= 0.3 is 0 Å². The molecule has 0 radical (unpaired) electrons. The van der Waals surface area contributed by atoms with Gasteiger partial charge in [-0.05, 0) is 107 Å². The van der Waals surface area contributed by atoms with E-state index < -0.39 is 0 Å². The Bertz CT molecular complexity index is 1400. The van der Waals surface area contributed by atoms with E-state index in [2.05, 4.69) is 98.0 Å². The van der Waals surface area contributed by atoms with E-state index in [4.69, 9.17) is 0 Å². The fourth-order valence-corrected chi connectivity index (χ4v) is 7.98. The van der Waals surface area contributed by atoms with Gasteiger partial charge in [-0.1, -0.05) is 63.8 Å². The lowest BCUT2D eigenvalue weighted by molar-refractivity contribution is -0.132. The molecule has 1 aliphatic heterocycles. The Morgan fingerprint density at radius 1 is 0.979 bits per heavy atom. The van der Waals surface area contributed by atoms with Crippen LogP contribution in [0.15, 0.2) is 36.4 Å². The quantitative estimate of drug-likeness (QED) is 0.193. The van der Waals surface area contributed by atoms with E-state index in [0.717, 1.165) is 73.9 Å². The Labute approximate surface area is 289 Å². The van der Waals surface area contributed by atoms with Gasteiger partial charge in [0.05, 0.1) is 5.92 Å². The topological polar surface area (TPSA) is 93.8 Å². The highest BCUT2D eigenvalue weighted by Crippen LogP contribution is 2.36. The number of benzene rings is 2.